The first kappa shape index (κ1) is 12.8. The van der Waals surface area contributed by atoms with Crippen LogP contribution in [0, 0.1) is 19.7 Å². The standard InChI is InChI=1S/C16H17FO/c1-11-6-7-13(8-12(11)2)9-16(18)14-4-3-5-15(17)10-14/h3-8,10,16,18H,9H2,1-2H3. The molecule has 1 nitrogen and oxygen atoms in total. The number of rotatable bonds is 3. The third-order valence-corrected chi connectivity index (χ3v) is 3.23. The number of aliphatic hydroxyl groups is 1. The van der Waals surface area contributed by atoms with Gasteiger partial charge in [0.2, 0.25) is 0 Å². The number of hydrogen-bond acceptors (Lipinski definition) is 1. The molecule has 1 unspecified atom stereocenters. The third kappa shape index (κ3) is 2.96. The minimum absolute atomic E-state index is 0.313. The van der Waals surface area contributed by atoms with Crippen molar-refractivity contribution in [3.8, 4) is 0 Å². The van der Waals surface area contributed by atoms with E-state index in [1.54, 1.807) is 12.1 Å². The molecular weight excluding hydrogens is 227 g/mol. The van der Waals surface area contributed by atoms with Gasteiger partial charge in [0.25, 0.3) is 0 Å². The Hall–Kier alpha value is -1.67. The lowest BCUT2D eigenvalue weighted by atomic mass is 9.98. The van der Waals surface area contributed by atoms with E-state index < -0.39 is 6.10 Å². The van der Waals surface area contributed by atoms with Gasteiger partial charge in [-0.1, -0.05) is 30.3 Å². The number of aryl methyl sites for hydroxylation is 2. The maximum absolute atomic E-state index is 13.1. The van der Waals surface area contributed by atoms with Crippen LogP contribution in [-0.2, 0) is 6.42 Å². The van der Waals surface area contributed by atoms with Crippen LogP contribution in [0.15, 0.2) is 42.5 Å². The smallest absolute Gasteiger partial charge is 0.123 e. The Bertz CT molecular complexity index is 549. The summed E-state index contributed by atoms with van der Waals surface area (Å²) in [5.41, 5.74) is 4.13. The van der Waals surface area contributed by atoms with E-state index in [4.69, 9.17) is 0 Å². The fourth-order valence-electron chi connectivity index (χ4n) is 1.99. The highest BCUT2D eigenvalue weighted by Crippen LogP contribution is 2.20. The highest BCUT2D eigenvalue weighted by Gasteiger charge is 2.09. The Kier molecular flexibility index (Phi) is 3.78. The summed E-state index contributed by atoms with van der Waals surface area (Å²) >= 11 is 0. The van der Waals surface area contributed by atoms with Crippen molar-refractivity contribution in [2.45, 2.75) is 26.4 Å². The fraction of sp³-hybridized carbons (Fsp3) is 0.250. The summed E-state index contributed by atoms with van der Waals surface area (Å²) in [4.78, 5) is 0. The molecule has 18 heavy (non-hydrogen) atoms. The molecule has 2 aromatic carbocycles. The summed E-state index contributed by atoms with van der Waals surface area (Å²) in [6.07, 6.45) is -0.160. The van der Waals surface area contributed by atoms with E-state index in [0.717, 1.165) is 5.56 Å². The molecule has 2 aromatic rings. The number of benzene rings is 2. The van der Waals surface area contributed by atoms with Crippen LogP contribution in [0.1, 0.15) is 28.4 Å². The molecule has 0 amide bonds. The molecule has 2 rings (SSSR count). The summed E-state index contributed by atoms with van der Waals surface area (Å²) in [6, 6.07) is 12.2. The first-order valence-electron chi connectivity index (χ1n) is 6.06. The van der Waals surface area contributed by atoms with Gasteiger partial charge >= 0.3 is 0 Å². The second-order valence-corrected chi connectivity index (χ2v) is 4.69. The predicted octanol–water partition coefficient (Wildman–Crippen LogP) is 3.72. The van der Waals surface area contributed by atoms with Gasteiger partial charge in [-0.05, 0) is 48.2 Å². The largest absolute Gasteiger partial charge is 0.388 e. The topological polar surface area (TPSA) is 20.2 Å². The van der Waals surface area contributed by atoms with Crippen LogP contribution in [0.25, 0.3) is 0 Å². The summed E-state index contributed by atoms with van der Waals surface area (Å²) in [5.74, 6) is -0.313. The molecule has 1 N–H and O–H groups in total. The number of aliphatic hydroxyl groups excluding tert-OH is 1. The molecule has 0 radical (unpaired) electrons. The summed E-state index contributed by atoms with van der Waals surface area (Å²) in [5, 5.41) is 10.1. The second kappa shape index (κ2) is 5.32. The molecule has 0 bridgehead atoms. The molecule has 1 atom stereocenters. The van der Waals surface area contributed by atoms with Crippen molar-refractivity contribution in [3.63, 3.8) is 0 Å². The average Bonchev–Trinajstić information content (AvgIpc) is 2.34. The zero-order valence-electron chi connectivity index (χ0n) is 10.7. The van der Waals surface area contributed by atoms with Crippen molar-refractivity contribution >= 4 is 0 Å². The Morgan fingerprint density at radius 3 is 2.50 bits per heavy atom. The molecule has 0 aromatic heterocycles. The molecule has 0 saturated heterocycles. The Balaban J connectivity index is 2.16. The minimum atomic E-state index is -0.664. The van der Waals surface area contributed by atoms with Crippen molar-refractivity contribution in [2.24, 2.45) is 0 Å². The average molecular weight is 244 g/mol. The molecule has 2 heteroatoms. The van der Waals surface area contributed by atoms with Gasteiger partial charge in [0.05, 0.1) is 6.10 Å². The van der Waals surface area contributed by atoms with E-state index in [2.05, 4.69) is 13.0 Å². The molecule has 0 fully saturated rings. The highest BCUT2D eigenvalue weighted by atomic mass is 19.1. The molecule has 0 heterocycles. The van der Waals surface area contributed by atoms with Crippen LogP contribution in [0.3, 0.4) is 0 Å². The van der Waals surface area contributed by atoms with E-state index >= 15 is 0 Å². The quantitative estimate of drug-likeness (QED) is 0.872. The fourth-order valence-corrected chi connectivity index (χ4v) is 1.99. The Labute approximate surface area is 107 Å². The van der Waals surface area contributed by atoms with Gasteiger partial charge in [0.1, 0.15) is 5.82 Å². The lowest BCUT2D eigenvalue weighted by Gasteiger charge is -2.12. The minimum Gasteiger partial charge on any atom is -0.388 e. The van der Waals surface area contributed by atoms with Gasteiger partial charge in [-0.3, -0.25) is 0 Å². The van der Waals surface area contributed by atoms with Crippen LogP contribution in [0.2, 0.25) is 0 Å². The second-order valence-electron chi connectivity index (χ2n) is 4.69. The molecule has 0 aliphatic rings. The van der Waals surface area contributed by atoms with Crippen molar-refractivity contribution in [3.05, 3.63) is 70.5 Å². The van der Waals surface area contributed by atoms with Crippen LogP contribution in [0.5, 0.6) is 0 Å². The summed E-state index contributed by atoms with van der Waals surface area (Å²) < 4.78 is 13.1. The van der Waals surface area contributed by atoms with Gasteiger partial charge in [0, 0.05) is 6.42 Å². The first-order valence-corrected chi connectivity index (χ1v) is 6.06. The Morgan fingerprint density at radius 2 is 1.83 bits per heavy atom. The van der Waals surface area contributed by atoms with Crippen LogP contribution >= 0.6 is 0 Å². The van der Waals surface area contributed by atoms with Crippen LogP contribution in [0.4, 0.5) is 4.39 Å². The zero-order chi connectivity index (χ0) is 13.1. The molecular formula is C16H17FO. The summed E-state index contributed by atoms with van der Waals surface area (Å²) in [6.45, 7) is 4.11. The number of halogens is 1. The van der Waals surface area contributed by atoms with Crippen LogP contribution in [-0.4, -0.2) is 5.11 Å². The van der Waals surface area contributed by atoms with E-state index in [1.807, 2.05) is 19.1 Å². The summed E-state index contributed by atoms with van der Waals surface area (Å²) in [7, 11) is 0. The predicted molar refractivity (Wildman–Crippen MR) is 71.0 cm³/mol. The zero-order valence-corrected chi connectivity index (χ0v) is 10.7. The normalized spacial score (nSPS) is 12.4. The van der Waals surface area contributed by atoms with Gasteiger partial charge in [-0.2, -0.15) is 0 Å². The van der Waals surface area contributed by atoms with Gasteiger partial charge in [-0.15, -0.1) is 0 Å². The Morgan fingerprint density at radius 1 is 1.06 bits per heavy atom. The monoisotopic (exact) mass is 244 g/mol. The molecule has 0 spiro atoms. The van der Waals surface area contributed by atoms with E-state index in [1.165, 1.54) is 23.3 Å². The molecule has 0 saturated carbocycles. The lowest BCUT2D eigenvalue weighted by Crippen LogP contribution is -2.02. The van der Waals surface area contributed by atoms with Gasteiger partial charge < -0.3 is 5.11 Å². The van der Waals surface area contributed by atoms with Crippen molar-refractivity contribution < 1.29 is 9.50 Å². The van der Waals surface area contributed by atoms with E-state index in [0.29, 0.717) is 12.0 Å². The third-order valence-electron chi connectivity index (χ3n) is 3.23. The van der Waals surface area contributed by atoms with Crippen molar-refractivity contribution in [1.29, 1.82) is 0 Å². The maximum atomic E-state index is 13.1. The SMILES string of the molecule is Cc1ccc(CC(O)c2cccc(F)c2)cc1C. The van der Waals surface area contributed by atoms with Gasteiger partial charge in [-0.25, -0.2) is 4.39 Å². The van der Waals surface area contributed by atoms with Crippen molar-refractivity contribution in [2.75, 3.05) is 0 Å². The first-order chi connectivity index (χ1) is 8.56. The maximum Gasteiger partial charge on any atom is 0.123 e. The lowest BCUT2D eigenvalue weighted by molar-refractivity contribution is 0.178. The molecule has 0 aliphatic heterocycles. The van der Waals surface area contributed by atoms with E-state index in [-0.39, 0.29) is 5.82 Å². The molecule has 94 valence electrons. The molecule has 0 aliphatic carbocycles. The number of hydrogen-bond donors (Lipinski definition) is 1. The van der Waals surface area contributed by atoms with Crippen molar-refractivity contribution in [1.82, 2.24) is 0 Å². The van der Waals surface area contributed by atoms with Crippen LogP contribution < -0.4 is 0 Å². The highest BCUT2D eigenvalue weighted by molar-refractivity contribution is 5.31. The van der Waals surface area contributed by atoms with Gasteiger partial charge in [0.15, 0.2) is 0 Å². The van der Waals surface area contributed by atoms with E-state index in [9.17, 15) is 9.50 Å².